The molecule has 0 saturated carbocycles. The molecule has 1 saturated heterocycles. The highest BCUT2D eigenvalue weighted by atomic mass is 79.9. The molecule has 0 spiro atoms. The molecule has 2 aromatic rings. The van der Waals surface area contributed by atoms with Crippen molar-refractivity contribution in [3.8, 4) is 11.5 Å². The van der Waals surface area contributed by atoms with E-state index in [2.05, 4.69) is 21.2 Å². The molecule has 2 aromatic carbocycles. The Bertz CT molecular complexity index is 1020. The summed E-state index contributed by atoms with van der Waals surface area (Å²) < 4.78 is 16.6. The number of anilines is 1. The van der Waals surface area contributed by atoms with Crippen molar-refractivity contribution < 1.29 is 28.6 Å². The molecular formula is C22H21BrN2O6. The van der Waals surface area contributed by atoms with Crippen LogP contribution in [0.4, 0.5) is 10.5 Å². The minimum Gasteiger partial charge on any atom is -0.490 e. The number of urea groups is 1. The van der Waals surface area contributed by atoms with Gasteiger partial charge in [-0.2, -0.15) is 0 Å². The standard InChI is InChI=1S/C22H21BrN2O6/c1-3-29-18-12-14(10-16(23)20(18)31-13-19(26)30-4-2)11-17-21(27)25(22(28)24-17)15-8-6-5-7-9-15/h5-12H,3-4,13H2,1-2H3,(H,24,28)/b17-11+. The van der Waals surface area contributed by atoms with E-state index in [1.165, 1.54) is 0 Å². The number of hydrogen-bond acceptors (Lipinski definition) is 6. The lowest BCUT2D eigenvalue weighted by Crippen LogP contribution is -2.30. The Hall–Kier alpha value is -3.33. The normalized spacial score (nSPS) is 14.5. The monoisotopic (exact) mass is 488 g/mol. The zero-order valence-electron chi connectivity index (χ0n) is 17.0. The van der Waals surface area contributed by atoms with Gasteiger partial charge >= 0.3 is 12.0 Å². The molecule has 0 radical (unpaired) electrons. The lowest BCUT2D eigenvalue weighted by Gasteiger charge is -2.14. The van der Waals surface area contributed by atoms with Crippen molar-refractivity contribution in [3.63, 3.8) is 0 Å². The summed E-state index contributed by atoms with van der Waals surface area (Å²) in [5.41, 5.74) is 1.20. The van der Waals surface area contributed by atoms with Gasteiger partial charge in [0.1, 0.15) is 5.70 Å². The Morgan fingerprint density at radius 2 is 1.84 bits per heavy atom. The third kappa shape index (κ3) is 5.24. The van der Waals surface area contributed by atoms with Crippen molar-refractivity contribution in [2.75, 3.05) is 24.7 Å². The fourth-order valence-corrected chi connectivity index (χ4v) is 3.50. The molecule has 0 atom stereocenters. The van der Waals surface area contributed by atoms with Gasteiger partial charge in [0.15, 0.2) is 18.1 Å². The van der Waals surface area contributed by atoms with Crippen LogP contribution in [0.15, 0.2) is 52.6 Å². The van der Waals surface area contributed by atoms with E-state index < -0.39 is 17.9 Å². The van der Waals surface area contributed by atoms with Crippen molar-refractivity contribution in [3.05, 3.63) is 58.2 Å². The summed E-state index contributed by atoms with van der Waals surface area (Å²) in [6.45, 7) is 3.87. The molecule has 1 aliphatic rings. The predicted molar refractivity (Wildman–Crippen MR) is 118 cm³/mol. The van der Waals surface area contributed by atoms with E-state index in [0.29, 0.717) is 33.8 Å². The Morgan fingerprint density at radius 1 is 1.10 bits per heavy atom. The van der Waals surface area contributed by atoms with E-state index >= 15 is 0 Å². The fourth-order valence-electron chi connectivity index (χ4n) is 2.92. The summed E-state index contributed by atoms with van der Waals surface area (Å²) in [7, 11) is 0. The predicted octanol–water partition coefficient (Wildman–Crippen LogP) is 3.89. The lowest BCUT2D eigenvalue weighted by molar-refractivity contribution is -0.145. The maximum Gasteiger partial charge on any atom is 0.344 e. The first-order chi connectivity index (χ1) is 14.9. The van der Waals surface area contributed by atoms with Crippen molar-refractivity contribution in [1.82, 2.24) is 5.32 Å². The van der Waals surface area contributed by atoms with Crippen molar-refractivity contribution in [2.45, 2.75) is 13.8 Å². The van der Waals surface area contributed by atoms with Gasteiger partial charge in [0.25, 0.3) is 5.91 Å². The van der Waals surface area contributed by atoms with E-state index in [1.807, 2.05) is 6.92 Å². The third-order valence-electron chi connectivity index (χ3n) is 4.17. The molecule has 8 nitrogen and oxygen atoms in total. The van der Waals surface area contributed by atoms with Gasteiger partial charge in [-0.25, -0.2) is 14.5 Å². The number of ether oxygens (including phenoxy) is 3. The van der Waals surface area contributed by atoms with E-state index in [1.54, 1.807) is 55.5 Å². The van der Waals surface area contributed by atoms with Crippen LogP contribution in [0.1, 0.15) is 19.4 Å². The highest BCUT2D eigenvalue weighted by Crippen LogP contribution is 2.38. The summed E-state index contributed by atoms with van der Waals surface area (Å²) in [5.74, 6) is -0.245. The number of imide groups is 1. The Morgan fingerprint density at radius 3 is 2.52 bits per heavy atom. The SMILES string of the molecule is CCOC(=O)COc1c(Br)cc(/C=C2/NC(=O)N(c3ccccc3)C2=O)cc1OCC. The first-order valence-corrected chi connectivity index (χ1v) is 10.4. The fraction of sp³-hybridized carbons (Fsp3) is 0.227. The second-order valence-electron chi connectivity index (χ2n) is 6.32. The van der Waals surface area contributed by atoms with Crippen LogP contribution in [0.5, 0.6) is 11.5 Å². The summed E-state index contributed by atoms with van der Waals surface area (Å²) >= 11 is 3.41. The maximum absolute atomic E-state index is 12.8. The van der Waals surface area contributed by atoms with Gasteiger partial charge in [0.2, 0.25) is 0 Å². The molecule has 0 bridgehead atoms. The Labute approximate surface area is 187 Å². The maximum atomic E-state index is 12.8. The number of nitrogens with zero attached hydrogens (tertiary/aromatic N) is 1. The second-order valence-corrected chi connectivity index (χ2v) is 7.18. The topological polar surface area (TPSA) is 94.2 Å². The molecule has 0 aromatic heterocycles. The highest BCUT2D eigenvalue weighted by Gasteiger charge is 2.34. The molecular weight excluding hydrogens is 468 g/mol. The third-order valence-corrected chi connectivity index (χ3v) is 4.76. The van der Waals surface area contributed by atoms with Crippen LogP contribution < -0.4 is 19.7 Å². The van der Waals surface area contributed by atoms with Gasteiger partial charge in [-0.3, -0.25) is 4.79 Å². The lowest BCUT2D eigenvalue weighted by atomic mass is 10.1. The molecule has 1 N–H and O–H groups in total. The first kappa shape index (κ1) is 22.4. The van der Waals surface area contributed by atoms with Crippen LogP contribution >= 0.6 is 15.9 Å². The highest BCUT2D eigenvalue weighted by molar-refractivity contribution is 9.10. The number of nitrogens with one attached hydrogen (secondary N) is 1. The van der Waals surface area contributed by atoms with Gasteiger partial charge in [0.05, 0.1) is 23.4 Å². The van der Waals surface area contributed by atoms with Crippen molar-refractivity contribution in [1.29, 1.82) is 0 Å². The molecule has 0 aliphatic carbocycles. The first-order valence-electron chi connectivity index (χ1n) is 9.61. The number of amides is 3. The summed E-state index contributed by atoms with van der Waals surface area (Å²) in [6, 6.07) is 11.5. The molecule has 3 rings (SSSR count). The number of rotatable bonds is 8. The summed E-state index contributed by atoms with van der Waals surface area (Å²) in [5, 5.41) is 2.59. The number of para-hydroxylation sites is 1. The Balaban J connectivity index is 1.87. The number of carbonyl (C=O) groups excluding carboxylic acids is 3. The molecule has 3 amide bonds. The summed E-state index contributed by atoms with van der Waals surface area (Å²) in [4.78, 5) is 37.8. The molecule has 1 aliphatic heterocycles. The molecule has 1 fully saturated rings. The van der Waals surface area contributed by atoms with Crippen LogP contribution in [-0.4, -0.2) is 37.7 Å². The van der Waals surface area contributed by atoms with Crippen LogP contribution in [-0.2, 0) is 14.3 Å². The molecule has 162 valence electrons. The Kier molecular flexibility index (Phi) is 7.30. The second kappa shape index (κ2) is 10.1. The van der Waals surface area contributed by atoms with Crippen LogP contribution in [0.25, 0.3) is 6.08 Å². The molecule has 0 unspecified atom stereocenters. The number of esters is 1. The number of benzene rings is 2. The van der Waals surface area contributed by atoms with Crippen LogP contribution in [0.2, 0.25) is 0 Å². The number of halogens is 1. The van der Waals surface area contributed by atoms with Crippen molar-refractivity contribution in [2.24, 2.45) is 0 Å². The van der Waals surface area contributed by atoms with E-state index in [-0.39, 0.29) is 18.9 Å². The van der Waals surface area contributed by atoms with E-state index in [9.17, 15) is 14.4 Å². The van der Waals surface area contributed by atoms with Gasteiger partial charge in [-0.1, -0.05) is 18.2 Å². The van der Waals surface area contributed by atoms with Crippen LogP contribution in [0, 0.1) is 0 Å². The summed E-state index contributed by atoms with van der Waals surface area (Å²) in [6.07, 6.45) is 1.55. The number of hydrogen-bond donors (Lipinski definition) is 1. The van der Waals surface area contributed by atoms with Gasteiger partial charge in [-0.05, 0) is 65.7 Å². The molecule has 9 heteroatoms. The van der Waals surface area contributed by atoms with Crippen molar-refractivity contribution >= 4 is 45.6 Å². The van der Waals surface area contributed by atoms with Gasteiger partial charge < -0.3 is 19.5 Å². The zero-order valence-corrected chi connectivity index (χ0v) is 18.6. The quantitative estimate of drug-likeness (QED) is 0.344. The van der Waals surface area contributed by atoms with Gasteiger partial charge in [0, 0.05) is 0 Å². The number of carbonyl (C=O) groups is 3. The van der Waals surface area contributed by atoms with Gasteiger partial charge in [-0.15, -0.1) is 0 Å². The van der Waals surface area contributed by atoms with E-state index in [0.717, 1.165) is 4.90 Å². The average Bonchev–Trinajstić information content (AvgIpc) is 3.01. The minimum absolute atomic E-state index is 0.128. The molecule has 31 heavy (non-hydrogen) atoms. The average molecular weight is 489 g/mol. The largest absolute Gasteiger partial charge is 0.490 e. The molecule has 1 heterocycles. The minimum atomic E-state index is -0.527. The smallest absolute Gasteiger partial charge is 0.344 e. The zero-order chi connectivity index (χ0) is 22.4. The van der Waals surface area contributed by atoms with E-state index in [4.69, 9.17) is 14.2 Å². The van der Waals surface area contributed by atoms with Crippen LogP contribution in [0.3, 0.4) is 0 Å².